The highest BCUT2D eigenvalue weighted by Gasteiger charge is 2.16. The average Bonchev–Trinajstić information content (AvgIpc) is 3.05. The Morgan fingerprint density at radius 3 is 2.95 bits per heavy atom. The number of aryl methyl sites for hydroxylation is 1. The van der Waals surface area contributed by atoms with Crippen LogP contribution in [0.5, 0.6) is 0 Å². The number of furan rings is 1. The molecule has 1 aromatic heterocycles. The van der Waals surface area contributed by atoms with E-state index < -0.39 is 0 Å². The summed E-state index contributed by atoms with van der Waals surface area (Å²) in [5, 5.41) is 6.24. The number of carbonyl (C=O) groups is 1. The molecule has 0 bridgehead atoms. The molecule has 104 valence electrons. The lowest BCUT2D eigenvalue weighted by atomic mass is 10.1. The van der Waals surface area contributed by atoms with Crippen LogP contribution < -0.4 is 10.6 Å². The van der Waals surface area contributed by atoms with Crippen LogP contribution in [0.4, 0.5) is 5.69 Å². The average molecular weight is 270 g/mol. The van der Waals surface area contributed by atoms with Crippen LogP contribution in [-0.4, -0.2) is 12.5 Å². The lowest BCUT2D eigenvalue weighted by molar-refractivity contribution is 0.0935. The third-order valence-electron chi connectivity index (χ3n) is 3.62. The molecule has 0 saturated carbocycles. The molecule has 0 radical (unpaired) electrons. The third kappa shape index (κ3) is 2.41. The monoisotopic (exact) mass is 270 g/mol. The lowest BCUT2D eigenvalue weighted by Gasteiger charge is -2.12. The van der Waals surface area contributed by atoms with E-state index in [2.05, 4.69) is 10.6 Å². The summed E-state index contributed by atoms with van der Waals surface area (Å²) >= 11 is 0. The van der Waals surface area contributed by atoms with Gasteiger partial charge in [0.05, 0.1) is 6.04 Å². The van der Waals surface area contributed by atoms with Gasteiger partial charge in [-0.2, -0.15) is 0 Å². The number of rotatable bonds is 3. The molecule has 1 unspecified atom stereocenters. The summed E-state index contributed by atoms with van der Waals surface area (Å²) in [6.45, 7) is 4.76. The van der Waals surface area contributed by atoms with Crippen molar-refractivity contribution < 1.29 is 9.21 Å². The van der Waals surface area contributed by atoms with Gasteiger partial charge in [-0.05, 0) is 50.1 Å². The molecule has 1 aliphatic heterocycles. The molecule has 4 nitrogen and oxygen atoms in total. The smallest absolute Gasteiger partial charge is 0.251 e. The Hall–Kier alpha value is -2.23. The van der Waals surface area contributed by atoms with E-state index >= 15 is 0 Å². The number of fused-ring (bicyclic) bond motifs is 1. The summed E-state index contributed by atoms with van der Waals surface area (Å²) in [6.07, 6.45) is 1.03. The summed E-state index contributed by atoms with van der Waals surface area (Å²) in [7, 11) is 0. The van der Waals surface area contributed by atoms with Gasteiger partial charge in [0.2, 0.25) is 0 Å². The van der Waals surface area contributed by atoms with E-state index in [0.29, 0.717) is 5.56 Å². The summed E-state index contributed by atoms with van der Waals surface area (Å²) in [4.78, 5) is 12.3. The van der Waals surface area contributed by atoms with E-state index in [0.717, 1.165) is 30.2 Å². The molecule has 0 saturated heterocycles. The van der Waals surface area contributed by atoms with Crippen molar-refractivity contribution in [1.29, 1.82) is 0 Å². The van der Waals surface area contributed by atoms with Gasteiger partial charge >= 0.3 is 0 Å². The van der Waals surface area contributed by atoms with E-state index in [-0.39, 0.29) is 11.9 Å². The van der Waals surface area contributed by atoms with Crippen molar-refractivity contribution in [3.05, 3.63) is 53.0 Å². The third-order valence-corrected chi connectivity index (χ3v) is 3.62. The molecule has 4 heteroatoms. The molecule has 1 amide bonds. The molecule has 2 aromatic rings. The van der Waals surface area contributed by atoms with Crippen molar-refractivity contribution in [2.24, 2.45) is 0 Å². The summed E-state index contributed by atoms with van der Waals surface area (Å²) in [6, 6.07) is 9.46. The van der Waals surface area contributed by atoms with Crippen molar-refractivity contribution in [2.75, 3.05) is 11.9 Å². The normalized spacial score (nSPS) is 14.5. The minimum atomic E-state index is -0.141. The molecular weight excluding hydrogens is 252 g/mol. The van der Waals surface area contributed by atoms with Gasteiger partial charge in [0.15, 0.2) is 0 Å². The number of anilines is 1. The quantitative estimate of drug-likeness (QED) is 0.901. The SMILES string of the molecule is Cc1ccc(C(C)NC(=O)c2ccc3c(c2)NCC3)o1. The standard InChI is InChI=1S/C16H18N2O2/c1-10-3-6-15(20-10)11(2)18-16(19)13-5-4-12-7-8-17-14(12)9-13/h3-6,9,11,17H,7-8H2,1-2H3,(H,18,19). The van der Waals surface area contributed by atoms with E-state index in [1.165, 1.54) is 5.56 Å². The number of amides is 1. The first-order valence-corrected chi connectivity index (χ1v) is 6.87. The van der Waals surface area contributed by atoms with Gasteiger partial charge in [0.25, 0.3) is 5.91 Å². The maximum Gasteiger partial charge on any atom is 0.251 e. The van der Waals surface area contributed by atoms with Gasteiger partial charge < -0.3 is 15.1 Å². The molecule has 1 aromatic carbocycles. The van der Waals surface area contributed by atoms with E-state index in [1.807, 2.05) is 44.2 Å². The first-order chi connectivity index (χ1) is 9.63. The Morgan fingerprint density at radius 1 is 1.35 bits per heavy atom. The molecule has 2 heterocycles. The topological polar surface area (TPSA) is 54.3 Å². The van der Waals surface area contributed by atoms with Crippen LogP contribution in [0.3, 0.4) is 0 Å². The molecule has 3 rings (SSSR count). The van der Waals surface area contributed by atoms with Crippen LogP contribution in [0, 0.1) is 6.92 Å². The maximum atomic E-state index is 12.3. The Bertz CT molecular complexity index is 646. The number of hydrogen-bond acceptors (Lipinski definition) is 3. The molecule has 0 fully saturated rings. The highest BCUT2D eigenvalue weighted by molar-refractivity contribution is 5.95. The number of hydrogen-bond donors (Lipinski definition) is 2. The fraction of sp³-hybridized carbons (Fsp3) is 0.312. The van der Waals surface area contributed by atoms with Crippen LogP contribution >= 0.6 is 0 Å². The minimum Gasteiger partial charge on any atom is -0.464 e. The van der Waals surface area contributed by atoms with Gasteiger partial charge in [-0.1, -0.05) is 6.07 Å². The van der Waals surface area contributed by atoms with Crippen LogP contribution in [0.25, 0.3) is 0 Å². The number of benzene rings is 1. The van der Waals surface area contributed by atoms with Gasteiger partial charge in [-0.15, -0.1) is 0 Å². The highest BCUT2D eigenvalue weighted by atomic mass is 16.3. The predicted octanol–water partition coefficient (Wildman–Crippen LogP) is 3.05. The fourth-order valence-electron chi connectivity index (χ4n) is 2.47. The summed E-state index contributed by atoms with van der Waals surface area (Å²) in [5.74, 6) is 1.54. The summed E-state index contributed by atoms with van der Waals surface area (Å²) < 4.78 is 5.53. The Labute approximate surface area is 118 Å². The second-order valence-electron chi connectivity index (χ2n) is 5.19. The summed E-state index contributed by atoms with van der Waals surface area (Å²) in [5.41, 5.74) is 3.02. The van der Waals surface area contributed by atoms with Crippen LogP contribution in [0.15, 0.2) is 34.7 Å². The predicted molar refractivity (Wildman–Crippen MR) is 78.0 cm³/mol. The first-order valence-electron chi connectivity index (χ1n) is 6.87. The fourth-order valence-corrected chi connectivity index (χ4v) is 2.47. The van der Waals surface area contributed by atoms with Gasteiger partial charge in [-0.3, -0.25) is 4.79 Å². The zero-order valence-electron chi connectivity index (χ0n) is 11.7. The van der Waals surface area contributed by atoms with Crippen LogP contribution in [0.2, 0.25) is 0 Å². The second-order valence-corrected chi connectivity index (χ2v) is 5.19. The van der Waals surface area contributed by atoms with Gasteiger partial charge in [0.1, 0.15) is 11.5 Å². The van der Waals surface area contributed by atoms with Crippen molar-refractivity contribution in [3.63, 3.8) is 0 Å². The zero-order chi connectivity index (χ0) is 14.1. The van der Waals surface area contributed by atoms with E-state index in [1.54, 1.807) is 0 Å². The lowest BCUT2D eigenvalue weighted by Crippen LogP contribution is -2.26. The molecular formula is C16H18N2O2. The highest BCUT2D eigenvalue weighted by Crippen LogP contribution is 2.23. The minimum absolute atomic E-state index is 0.0805. The van der Waals surface area contributed by atoms with E-state index in [4.69, 9.17) is 4.42 Å². The molecule has 20 heavy (non-hydrogen) atoms. The first kappa shape index (κ1) is 12.8. The second kappa shape index (κ2) is 5.04. The van der Waals surface area contributed by atoms with Crippen LogP contribution in [0.1, 0.15) is 40.4 Å². The number of carbonyl (C=O) groups excluding carboxylic acids is 1. The number of nitrogens with one attached hydrogen (secondary N) is 2. The van der Waals surface area contributed by atoms with Crippen molar-refractivity contribution in [2.45, 2.75) is 26.3 Å². The molecule has 1 aliphatic rings. The zero-order valence-corrected chi connectivity index (χ0v) is 11.7. The molecule has 1 atom stereocenters. The molecule has 0 spiro atoms. The molecule has 0 aliphatic carbocycles. The Morgan fingerprint density at radius 2 is 2.20 bits per heavy atom. The Kier molecular flexibility index (Phi) is 3.22. The Balaban J connectivity index is 1.73. The van der Waals surface area contributed by atoms with E-state index in [9.17, 15) is 4.79 Å². The van der Waals surface area contributed by atoms with Crippen molar-refractivity contribution >= 4 is 11.6 Å². The van der Waals surface area contributed by atoms with Crippen molar-refractivity contribution in [3.8, 4) is 0 Å². The molecule has 2 N–H and O–H groups in total. The largest absolute Gasteiger partial charge is 0.464 e. The van der Waals surface area contributed by atoms with Crippen molar-refractivity contribution in [1.82, 2.24) is 5.32 Å². The van der Waals surface area contributed by atoms with Crippen LogP contribution in [-0.2, 0) is 6.42 Å². The maximum absolute atomic E-state index is 12.3. The van der Waals surface area contributed by atoms with Gasteiger partial charge in [-0.25, -0.2) is 0 Å². The van der Waals surface area contributed by atoms with Gasteiger partial charge in [0, 0.05) is 17.8 Å².